The molecule has 6 unspecified atom stereocenters. The second-order valence-corrected chi connectivity index (χ2v) is 15.1. The Balaban J connectivity index is 2.24. The van der Waals surface area contributed by atoms with E-state index in [0.717, 1.165) is 38.5 Å². The van der Waals surface area contributed by atoms with Crippen LogP contribution in [-0.4, -0.2) is 89.6 Å². The van der Waals surface area contributed by atoms with Gasteiger partial charge >= 0.3 is 5.97 Å². The van der Waals surface area contributed by atoms with Crippen molar-refractivity contribution in [2.24, 2.45) is 0 Å². The lowest BCUT2D eigenvalue weighted by molar-refractivity contribution is -0.305. The lowest BCUT2D eigenvalue weighted by atomic mass is 9.99. The van der Waals surface area contributed by atoms with Gasteiger partial charge in [-0.15, -0.1) is 0 Å². The number of ether oxygens (including phenoxy) is 4. The summed E-state index contributed by atoms with van der Waals surface area (Å²) in [7, 11) is 0. The van der Waals surface area contributed by atoms with Gasteiger partial charge in [0.05, 0.1) is 19.8 Å². The van der Waals surface area contributed by atoms with Crippen LogP contribution in [0.5, 0.6) is 0 Å². The van der Waals surface area contributed by atoms with E-state index in [4.69, 9.17) is 18.9 Å². The quantitative estimate of drug-likeness (QED) is 0.0279. The van der Waals surface area contributed by atoms with Crippen molar-refractivity contribution >= 4 is 5.97 Å². The number of aliphatic hydroxyl groups is 4. The van der Waals surface area contributed by atoms with Crippen LogP contribution in [0, 0.1) is 0 Å². The molecule has 1 saturated heterocycles. The van der Waals surface area contributed by atoms with Gasteiger partial charge in [-0.05, 0) is 32.1 Å². The molecule has 0 aromatic carbocycles. The Labute approximate surface area is 318 Å². The van der Waals surface area contributed by atoms with E-state index >= 15 is 0 Å². The number of esters is 1. The van der Waals surface area contributed by atoms with E-state index in [9.17, 15) is 25.2 Å². The molecule has 0 aromatic rings. The first kappa shape index (κ1) is 48.9. The molecule has 1 rings (SSSR count). The number of hydrogen-bond donors (Lipinski definition) is 4. The van der Waals surface area contributed by atoms with Gasteiger partial charge in [0.2, 0.25) is 0 Å². The van der Waals surface area contributed by atoms with Crippen LogP contribution < -0.4 is 0 Å². The van der Waals surface area contributed by atoms with E-state index in [0.29, 0.717) is 13.0 Å². The second kappa shape index (κ2) is 35.6. The highest BCUT2D eigenvalue weighted by atomic mass is 16.7. The molecule has 6 atom stereocenters. The van der Waals surface area contributed by atoms with Gasteiger partial charge in [0.25, 0.3) is 0 Å². The molecule has 1 aliphatic rings. The molecule has 4 N–H and O–H groups in total. The van der Waals surface area contributed by atoms with E-state index in [1.807, 2.05) is 0 Å². The van der Waals surface area contributed by atoms with Crippen molar-refractivity contribution in [2.75, 3.05) is 26.4 Å². The molecule has 308 valence electrons. The maximum atomic E-state index is 12.7. The third-order valence-electron chi connectivity index (χ3n) is 10.2. The summed E-state index contributed by atoms with van der Waals surface area (Å²) in [5, 5.41) is 40.0. The Bertz CT molecular complexity index is 807. The largest absolute Gasteiger partial charge is 0.457 e. The number of rotatable bonds is 37. The Morgan fingerprint density at radius 3 is 1.63 bits per heavy atom. The number of hydrogen-bond acceptors (Lipinski definition) is 9. The number of carbonyl (C=O) groups excluding carboxylic acids is 1. The Morgan fingerprint density at radius 1 is 0.596 bits per heavy atom. The van der Waals surface area contributed by atoms with Crippen molar-refractivity contribution in [3.05, 3.63) is 12.2 Å². The van der Waals surface area contributed by atoms with E-state index in [1.54, 1.807) is 0 Å². The summed E-state index contributed by atoms with van der Waals surface area (Å²) in [5.41, 5.74) is 0. The van der Waals surface area contributed by atoms with E-state index in [-0.39, 0.29) is 19.2 Å². The molecule has 0 radical (unpaired) electrons. The summed E-state index contributed by atoms with van der Waals surface area (Å²) in [6.45, 7) is 4.51. The smallest absolute Gasteiger partial charge is 0.306 e. The molecule has 0 aromatic heterocycles. The van der Waals surface area contributed by atoms with Crippen LogP contribution in [0.4, 0.5) is 0 Å². The maximum Gasteiger partial charge on any atom is 0.306 e. The molecular weight excluding hydrogens is 660 g/mol. The van der Waals surface area contributed by atoms with E-state index < -0.39 is 43.4 Å². The molecule has 9 nitrogen and oxygen atoms in total. The van der Waals surface area contributed by atoms with Crippen LogP contribution in [0.2, 0.25) is 0 Å². The van der Waals surface area contributed by atoms with E-state index in [1.165, 1.54) is 135 Å². The van der Waals surface area contributed by atoms with E-state index in [2.05, 4.69) is 26.0 Å². The highest BCUT2D eigenvalue weighted by molar-refractivity contribution is 5.69. The summed E-state index contributed by atoms with van der Waals surface area (Å²) < 4.78 is 22.8. The molecule has 0 aliphatic carbocycles. The van der Waals surface area contributed by atoms with Gasteiger partial charge in [0.15, 0.2) is 6.29 Å². The van der Waals surface area contributed by atoms with Crippen LogP contribution in [0.1, 0.15) is 194 Å². The fraction of sp³-hybridized carbons (Fsp3) is 0.930. The van der Waals surface area contributed by atoms with Crippen LogP contribution in [-0.2, 0) is 23.7 Å². The van der Waals surface area contributed by atoms with Crippen LogP contribution in [0.3, 0.4) is 0 Å². The number of carbonyl (C=O) groups is 1. The van der Waals surface area contributed by atoms with Gasteiger partial charge in [0, 0.05) is 13.0 Å². The highest BCUT2D eigenvalue weighted by Crippen LogP contribution is 2.22. The maximum absolute atomic E-state index is 12.7. The second-order valence-electron chi connectivity index (χ2n) is 15.1. The number of unbranched alkanes of at least 4 members (excludes halogenated alkanes) is 24. The third kappa shape index (κ3) is 26.7. The average Bonchev–Trinajstić information content (AvgIpc) is 3.14. The van der Waals surface area contributed by atoms with Crippen LogP contribution >= 0.6 is 0 Å². The minimum Gasteiger partial charge on any atom is -0.457 e. The van der Waals surface area contributed by atoms with Gasteiger partial charge < -0.3 is 39.4 Å². The Kier molecular flexibility index (Phi) is 33.5. The number of aliphatic hydroxyl groups excluding tert-OH is 4. The van der Waals surface area contributed by atoms with Crippen molar-refractivity contribution < 1.29 is 44.2 Å². The fourth-order valence-electron chi connectivity index (χ4n) is 6.73. The van der Waals surface area contributed by atoms with Gasteiger partial charge in [-0.3, -0.25) is 4.79 Å². The van der Waals surface area contributed by atoms with Gasteiger partial charge in [-0.1, -0.05) is 167 Å². The molecule has 0 saturated carbocycles. The summed E-state index contributed by atoms with van der Waals surface area (Å²) in [5.74, 6) is -0.313. The molecule has 0 bridgehead atoms. The molecule has 1 aliphatic heterocycles. The standard InChI is InChI=1S/C43H82O9/c1-3-5-7-9-11-13-15-16-17-18-19-20-21-22-24-26-28-30-32-39(45)51-37(36-50-43-42(48)41(47)40(46)38(34-44)52-43)35-49-33-31-29-27-25-23-14-12-10-8-6-4-2/h8,10,37-38,40-44,46-48H,3-7,9,11-36H2,1-2H3/b10-8-. The molecule has 9 heteroatoms. The molecule has 52 heavy (non-hydrogen) atoms. The molecule has 1 heterocycles. The first-order valence-corrected chi connectivity index (χ1v) is 21.8. The Hall–Kier alpha value is -1.07. The topological polar surface area (TPSA) is 135 Å². The van der Waals surface area contributed by atoms with Crippen molar-refractivity contribution in [3.63, 3.8) is 0 Å². The third-order valence-corrected chi connectivity index (χ3v) is 10.2. The van der Waals surface area contributed by atoms with Crippen molar-refractivity contribution in [2.45, 2.75) is 230 Å². The summed E-state index contributed by atoms with van der Waals surface area (Å²) >= 11 is 0. The molecule has 1 fully saturated rings. The van der Waals surface area contributed by atoms with Gasteiger partial charge in [-0.25, -0.2) is 0 Å². The highest BCUT2D eigenvalue weighted by Gasteiger charge is 2.44. The van der Waals surface area contributed by atoms with Crippen molar-refractivity contribution in [3.8, 4) is 0 Å². The molecule has 0 spiro atoms. The lowest BCUT2D eigenvalue weighted by Crippen LogP contribution is -2.59. The lowest BCUT2D eigenvalue weighted by Gasteiger charge is -2.39. The van der Waals surface area contributed by atoms with Crippen LogP contribution in [0.25, 0.3) is 0 Å². The molecular formula is C43H82O9. The fourth-order valence-corrected chi connectivity index (χ4v) is 6.73. The monoisotopic (exact) mass is 743 g/mol. The average molecular weight is 743 g/mol. The number of allylic oxidation sites excluding steroid dienone is 2. The van der Waals surface area contributed by atoms with Crippen molar-refractivity contribution in [1.29, 1.82) is 0 Å². The predicted molar refractivity (Wildman–Crippen MR) is 210 cm³/mol. The Morgan fingerprint density at radius 2 is 1.10 bits per heavy atom. The zero-order chi connectivity index (χ0) is 37.9. The molecule has 0 amide bonds. The summed E-state index contributed by atoms with van der Waals surface area (Å²) in [6, 6.07) is 0. The predicted octanol–water partition coefficient (Wildman–Crippen LogP) is 9.25. The zero-order valence-corrected chi connectivity index (χ0v) is 33.6. The SMILES string of the molecule is CCC/C=C\CCCCCCCCOCC(COC1OC(CO)C(O)C(O)C1O)OC(=O)CCCCCCCCCCCCCCCCCCCC. The van der Waals surface area contributed by atoms with Crippen molar-refractivity contribution in [1.82, 2.24) is 0 Å². The summed E-state index contributed by atoms with van der Waals surface area (Å²) in [6.07, 6.45) is 31.0. The minimum absolute atomic E-state index is 0.111. The first-order valence-electron chi connectivity index (χ1n) is 21.8. The van der Waals surface area contributed by atoms with Gasteiger partial charge in [-0.2, -0.15) is 0 Å². The van der Waals surface area contributed by atoms with Crippen LogP contribution in [0.15, 0.2) is 12.2 Å². The van der Waals surface area contributed by atoms with Gasteiger partial charge in [0.1, 0.15) is 30.5 Å². The first-order chi connectivity index (χ1) is 25.4. The normalized spacial score (nSPS) is 21.2. The summed E-state index contributed by atoms with van der Waals surface area (Å²) in [4.78, 5) is 12.7. The zero-order valence-electron chi connectivity index (χ0n) is 33.6. The minimum atomic E-state index is -1.53.